The number of carboxylic acids is 1. The van der Waals surface area contributed by atoms with Crippen LogP contribution in [0.5, 0.6) is 0 Å². The van der Waals surface area contributed by atoms with E-state index in [1.54, 1.807) is 19.3 Å². The maximum Gasteiger partial charge on any atom is 0.325 e. The average molecular weight is 789 g/mol. The molecule has 0 spiro atoms. The lowest BCUT2D eigenvalue weighted by atomic mass is 9.94. The summed E-state index contributed by atoms with van der Waals surface area (Å²) < 4.78 is 5.05. The second kappa shape index (κ2) is 18.0. The molecule has 13 heteroatoms. The number of carbonyl (C=O) groups is 4. The first-order valence-electron chi connectivity index (χ1n) is 20.3. The minimum atomic E-state index is -0.854. The van der Waals surface area contributed by atoms with Crippen LogP contribution in [0.3, 0.4) is 0 Å². The predicted molar refractivity (Wildman–Crippen MR) is 220 cm³/mol. The Bertz CT molecular complexity index is 2200. The van der Waals surface area contributed by atoms with E-state index in [1.165, 1.54) is 0 Å². The van der Waals surface area contributed by atoms with Gasteiger partial charge in [0.25, 0.3) is 11.8 Å². The molecule has 3 aliphatic rings. The van der Waals surface area contributed by atoms with Gasteiger partial charge in [-0.15, -0.1) is 0 Å². The number of nitrogens with one attached hydrogen (secondary N) is 3. The number of aliphatic hydroxyl groups is 1. The van der Waals surface area contributed by atoms with Gasteiger partial charge in [-0.2, -0.15) is 0 Å². The topological polar surface area (TPSA) is 183 Å². The number of anilines is 2. The van der Waals surface area contributed by atoms with Gasteiger partial charge in [-0.25, -0.2) is 0 Å². The van der Waals surface area contributed by atoms with E-state index in [1.807, 2.05) is 67.3 Å². The van der Waals surface area contributed by atoms with Crippen LogP contribution in [0.1, 0.15) is 118 Å². The van der Waals surface area contributed by atoms with Crippen molar-refractivity contribution in [3.05, 3.63) is 106 Å². The van der Waals surface area contributed by atoms with Crippen molar-refractivity contribution in [3.8, 4) is 11.1 Å². The van der Waals surface area contributed by atoms with Crippen LogP contribution >= 0.6 is 0 Å². The van der Waals surface area contributed by atoms with Crippen molar-refractivity contribution in [2.24, 2.45) is 0 Å². The SMILES string of the molecule is CCOC(=O)C(CO)NCc1cnc(C(=O)Nc2cccc(-c3cccc(NC(=O)c4cc(C5CC5)c(CN5CCCC[C@H]5C(=O)O)cn4)c3C)c2C)cc1C1CC1. The number of nitrogens with zero attached hydrogens (tertiary/aromatic N) is 3. The van der Waals surface area contributed by atoms with Crippen LogP contribution in [0.4, 0.5) is 11.4 Å². The first kappa shape index (κ1) is 40.7. The predicted octanol–water partition coefficient (Wildman–Crippen LogP) is 6.47. The van der Waals surface area contributed by atoms with Gasteiger partial charge in [-0.05, 0) is 146 Å². The Labute approximate surface area is 338 Å². The summed E-state index contributed by atoms with van der Waals surface area (Å²) in [5.41, 5.74) is 9.30. The second-order valence-corrected chi connectivity index (χ2v) is 15.6. The molecular formula is C45H52N6O7. The Morgan fingerprint density at radius 1 is 0.810 bits per heavy atom. The van der Waals surface area contributed by atoms with E-state index >= 15 is 0 Å². The number of likely N-dealkylation sites (tertiary alicyclic amines) is 1. The highest BCUT2D eigenvalue weighted by atomic mass is 16.5. The third-order valence-corrected chi connectivity index (χ3v) is 11.6. The van der Waals surface area contributed by atoms with E-state index in [0.29, 0.717) is 48.4 Å². The fourth-order valence-electron chi connectivity index (χ4n) is 7.95. The van der Waals surface area contributed by atoms with Crippen LogP contribution < -0.4 is 16.0 Å². The molecule has 7 rings (SSSR count). The monoisotopic (exact) mass is 788 g/mol. The molecule has 3 heterocycles. The molecule has 0 radical (unpaired) electrons. The van der Waals surface area contributed by atoms with Crippen LogP contribution in [-0.4, -0.2) is 80.7 Å². The molecule has 1 unspecified atom stereocenters. The molecule has 0 bridgehead atoms. The number of aromatic nitrogens is 2. The summed E-state index contributed by atoms with van der Waals surface area (Å²) in [6.45, 7) is 6.97. The lowest BCUT2D eigenvalue weighted by Gasteiger charge is -2.33. The van der Waals surface area contributed by atoms with E-state index in [9.17, 15) is 29.4 Å². The summed E-state index contributed by atoms with van der Waals surface area (Å²) in [4.78, 5) is 62.5. The molecule has 2 aromatic carbocycles. The number of amides is 2. The normalized spacial score (nSPS) is 17.3. The highest BCUT2D eigenvalue weighted by Crippen LogP contribution is 2.43. The summed E-state index contributed by atoms with van der Waals surface area (Å²) in [5.74, 6) is -1.33. The number of aliphatic hydroxyl groups excluding tert-OH is 1. The molecule has 1 aliphatic heterocycles. The molecule has 2 aliphatic carbocycles. The van der Waals surface area contributed by atoms with Crippen molar-refractivity contribution < 1.29 is 34.1 Å². The molecule has 4 aromatic rings. The van der Waals surface area contributed by atoms with Gasteiger partial charge in [0.05, 0.1) is 13.2 Å². The molecule has 58 heavy (non-hydrogen) atoms. The van der Waals surface area contributed by atoms with Gasteiger partial charge in [0.15, 0.2) is 0 Å². The van der Waals surface area contributed by atoms with Crippen molar-refractivity contribution >= 4 is 35.1 Å². The van der Waals surface area contributed by atoms with E-state index in [0.717, 1.165) is 89.6 Å². The standard InChI is InChI=1S/C45H52N6O7/c1-4-58-45(57)40(25-52)48-22-30-21-46-38(19-34(30)28-14-15-28)42(53)49-36-11-7-9-32(26(36)2)33-10-8-12-37(27(33)3)50-43(54)39-20-35(29-16-17-29)31(23-47-39)24-51-18-6-5-13-41(51)44(55)56/h7-12,19-21,23,28-29,40-41,48,52H,4-6,13-18,22,24-25H2,1-3H3,(H,49,53)(H,50,54)(H,55,56)/t40?,41-/m0/s1. The van der Waals surface area contributed by atoms with Gasteiger partial charge >= 0.3 is 11.9 Å². The smallest absolute Gasteiger partial charge is 0.325 e. The third-order valence-electron chi connectivity index (χ3n) is 11.6. The molecule has 2 aromatic heterocycles. The summed E-state index contributed by atoms with van der Waals surface area (Å²) in [7, 11) is 0. The molecular weight excluding hydrogens is 737 g/mol. The number of rotatable bonds is 16. The average Bonchev–Trinajstić information content (AvgIpc) is 4.16. The zero-order valence-corrected chi connectivity index (χ0v) is 33.3. The number of esters is 1. The molecule has 13 nitrogen and oxygen atoms in total. The number of benzene rings is 2. The fourth-order valence-corrected chi connectivity index (χ4v) is 7.95. The molecule has 2 amide bonds. The van der Waals surface area contributed by atoms with Crippen LogP contribution in [-0.2, 0) is 27.4 Å². The largest absolute Gasteiger partial charge is 0.480 e. The first-order valence-corrected chi connectivity index (χ1v) is 20.3. The zero-order valence-electron chi connectivity index (χ0n) is 33.3. The molecule has 1 saturated heterocycles. The van der Waals surface area contributed by atoms with Gasteiger partial charge in [-0.1, -0.05) is 30.7 Å². The summed E-state index contributed by atoms with van der Waals surface area (Å²) >= 11 is 0. The Hall–Kier alpha value is -5.50. The summed E-state index contributed by atoms with van der Waals surface area (Å²) in [6, 6.07) is 13.8. The van der Waals surface area contributed by atoms with Gasteiger partial charge in [0.1, 0.15) is 23.5 Å². The number of carbonyl (C=O) groups excluding carboxylic acids is 3. The number of ether oxygens (including phenoxy) is 1. The van der Waals surface area contributed by atoms with Crippen LogP contribution in [0.25, 0.3) is 11.1 Å². The van der Waals surface area contributed by atoms with Gasteiger partial charge in [-0.3, -0.25) is 39.4 Å². The highest BCUT2D eigenvalue weighted by Gasteiger charge is 2.33. The zero-order chi connectivity index (χ0) is 40.9. The lowest BCUT2D eigenvalue weighted by Crippen LogP contribution is -2.44. The van der Waals surface area contributed by atoms with Crippen molar-refractivity contribution in [2.45, 2.75) is 103 Å². The molecule has 3 fully saturated rings. The Morgan fingerprint density at radius 3 is 1.88 bits per heavy atom. The van der Waals surface area contributed by atoms with Gasteiger partial charge in [0, 0.05) is 36.9 Å². The van der Waals surface area contributed by atoms with Crippen LogP contribution in [0.2, 0.25) is 0 Å². The number of hydrogen-bond donors (Lipinski definition) is 5. The number of piperidine rings is 1. The van der Waals surface area contributed by atoms with Crippen LogP contribution in [0, 0.1) is 13.8 Å². The third kappa shape index (κ3) is 9.28. The van der Waals surface area contributed by atoms with Crippen molar-refractivity contribution in [1.82, 2.24) is 20.2 Å². The maximum absolute atomic E-state index is 13.7. The Balaban J connectivity index is 1.05. The second-order valence-electron chi connectivity index (χ2n) is 15.6. The van der Waals surface area contributed by atoms with Crippen LogP contribution in [0.15, 0.2) is 60.9 Å². The van der Waals surface area contributed by atoms with E-state index in [2.05, 4.69) is 25.9 Å². The van der Waals surface area contributed by atoms with E-state index < -0.39 is 30.6 Å². The first-order chi connectivity index (χ1) is 28.1. The molecule has 2 atom stereocenters. The lowest BCUT2D eigenvalue weighted by molar-refractivity contribution is -0.147. The van der Waals surface area contributed by atoms with E-state index in [-0.39, 0.29) is 24.1 Å². The van der Waals surface area contributed by atoms with Gasteiger partial charge in [0.2, 0.25) is 0 Å². The van der Waals surface area contributed by atoms with Crippen molar-refractivity contribution in [2.75, 3.05) is 30.4 Å². The van der Waals surface area contributed by atoms with Gasteiger partial charge < -0.3 is 25.6 Å². The number of pyridine rings is 2. The highest BCUT2D eigenvalue weighted by molar-refractivity contribution is 6.05. The quantitative estimate of drug-likeness (QED) is 0.0785. The Kier molecular flexibility index (Phi) is 12.6. The number of aliphatic carboxylic acids is 1. The summed E-state index contributed by atoms with van der Waals surface area (Å²) in [6.07, 6.45) is 9.99. The molecule has 5 N–H and O–H groups in total. The number of carboxylic acid groups (broad SMARTS) is 1. The minimum absolute atomic E-state index is 0.220. The maximum atomic E-state index is 13.7. The molecule has 304 valence electrons. The van der Waals surface area contributed by atoms with Crippen molar-refractivity contribution in [3.63, 3.8) is 0 Å². The number of hydrogen-bond acceptors (Lipinski definition) is 10. The van der Waals surface area contributed by atoms with Crippen molar-refractivity contribution in [1.29, 1.82) is 0 Å². The van der Waals surface area contributed by atoms with E-state index in [4.69, 9.17) is 4.74 Å². The fraction of sp³-hybridized carbons (Fsp3) is 0.422. The molecule has 2 saturated carbocycles. The minimum Gasteiger partial charge on any atom is -0.480 e. The summed E-state index contributed by atoms with van der Waals surface area (Å²) in [5, 5.41) is 28.7. The Morgan fingerprint density at radius 2 is 1.36 bits per heavy atom.